The van der Waals surface area contributed by atoms with Crippen molar-refractivity contribution in [3.63, 3.8) is 0 Å². The molecule has 0 aliphatic rings. The lowest BCUT2D eigenvalue weighted by molar-refractivity contribution is 0.0917. The van der Waals surface area contributed by atoms with Crippen molar-refractivity contribution in [2.24, 2.45) is 0 Å². The highest BCUT2D eigenvalue weighted by Gasteiger charge is 2.13. The van der Waals surface area contributed by atoms with E-state index in [1.54, 1.807) is 13.1 Å². The first-order chi connectivity index (χ1) is 8.70. The molecule has 0 fully saturated rings. The Morgan fingerprint density at radius 2 is 2.17 bits per heavy atom. The summed E-state index contributed by atoms with van der Waals surface area (Å²) in [5, 5.41) is 19.1. The van der Waals surface area contributed by atoms with Crippen molar-refractivity contribution >= 4 is 5.91 Å². The number of hydrogen-bond donors (Lipinski definition) is 2. The number of carbonyl (C=O) groups is 1. The Hall–Kier alpha value is -2.21. The molecule has 0 aliphatic carbocycles. The molecule has 2 aromatic rings. The smallest absolute Gasteiger partial charge is 0.273 e. The van der Waals surface area contributed by atoms with Gasteiger partial charge in [0.1, 0.15) is 0 Å². The zero-order valence-corrected chi connectivity index (χ0v) is 9.95. The van der Waals surface area contributed by atoms with E-state index in [4.69, 9.17) is 5.11 Å². The summed E-state index contributed by atoms with van der Waals surface area (Å²) in [6.45, 7) is 1.60. The van der Waals surface area contributed by atoms with E-state index in [2.05, 4.69) is 15.6 Å². The van der Waals surface area contributed by atoms with Crippen molar-refractivity contribution in [1.82, 2.24) is 20.3 Å². The van der Waals surface area contributed by atoms with Gasteiger partial charge in [-0.2, -0.15) is 0 Å². The van der Waals surface area contributed by atoms with Gasteiger partial charge in [-0.3, -0.25) is 4.79 Å². The number of aliphatic hydroxyl groups is 1. The molecule has 6 nitrogen and oxygen atoms in total. The fraction of sp³-hybridized carbons (Fsp3) is 0.250. The molecule has 1 amide bonds. The number of nitrogens with zero attached hydrogens (tertiary/aromatic N) is 3. The summed E-state index contributed by atoms with van der Waals surface area (Å²) in [5.41, 5.74) is 1.05. The summed E-state index contributed by atoms with van der Waals surface area (Å²) in [5.74, 6) is -0.348. The van der Waals surface area contributed by atoms with Crippen LogP contribution in [0.2, 0.25) is 0 Å². The molecule has 1 atom stereocenters. The number of para-hydroxylation sites is 1. The average molecular weight is 246 g/mol. The Morgan fingerprint density at radius 1 is 1.44 bits per heavy atom. The first kappa shape index (κ1) is 12.3. The van der Waals surface area contributed by atoms with E-state index in [-0.39, 0.29) is 24.2 Å². The Morgan fingerprint density at radius 3 is 2.83 bits per heavy atom. The van der Waals surface area contributed by atoms with Crippen LogP contribution in [0.15, 0.2) is 36.5 Å². The van der Waals surface area contributed by atoms with Gasteiger partial charge in [-0.1, -0.05) is 23.4 Å². The lowest BCUT2D eigenvalue weighted by atomic mass is 10.3. The van der Waals surface area contributed by atoms with Gasteiger partial charge in [0.15, 0.2) is 5.69 Å². The molecule has 2 rings (SSSR count). The first-order valence-electron chi connectivity index (χ1n) is 5.60. The molecule has 0 saturated carbocycles. The van der Waals surface area contributed by atoms with Crippen LogP contribution in [-0.2, 0) is 0 Å². The third kappa shape index (κ3) is 2.72. The fourth-order valence-electron chi connectivity index (χ4n) is 1.42. The Kier molecular flexibility index (Phi) is 3.69. The van der Waals surface area contributed by atoms with Gasteiger partial charge in [0.2, 0.25) is 0 Å². The normalized spacial score (nSPS) is 12.1. The van der Waals surface area contributed by atoms with Crippen LogP contribution in [-0.4, -0.2) is 38.7 Å². The van der Waals surface area contributed by atoms with E-state index in [0.717, 1.165) is 5.69 Å². The molecule has 1 aromatic heterocycles. The van der Waals surface area contributed by atoms with E-state index < -0.39 is 0 Å². The van der Waals surface area contributed by atoms with Gasteiger partial charge < -0.3 is 10.4 Å². The lowest BCUT2D eigenvalue weighted by Crippen LogP contribution is -2.35. The molecule has 0 bridgehead atoms. The maximum absolute atomic E-state index is 11.7. The highest BCUT2D eigenvalue weighted by atomic mass is 16.3. The molecule has 1 unspecified atom stereocenters. The van der Waals surface area contributed by atoms with Gasteiger partial charge >= 0.3 is 0 Å². The van der Waals surface area contributed by atoms with Crippen molar-refractivity contribution in [2.75, 3.05) is 6.61 Å². The zero-order valence-electron chi connectivity index (χ0n) is 9.95. The number of benzene rings is 1. The van der Waals surface area contributed by atoms with Crippen LogP contribution in [0.4, 0.5) is 0 Å². The predicted octanol–water partition coefficient (Wildman–Crippen LogP) is 0.378. The van der Waals surface area contributed by atoms with Gasteiger partial charge in [-0.25, -0.2) is 4.68 Å². The van der Waals surface area contributed by atoms with Gasteiger partial charge in [0.25, 0.3) is 5.91 Å². The lowest BCUT2D eigenvalue weighted by Gasteiger charge is -2.08. The average Bonchev–Trinajstić information content (AvgIpc) is 2.89. The largest absolute Gasteiger partial charge is 0.394 e. The van der Waals surface area contributed by atoms with E-state index in [9.17, 15) is 4.79 Å². The second-order valence-electron chi connectivity index (χ2n) is 3.94. The number of rotatable bonds is 4. The molecule has 1 heterocycles. The topological polar surface area (TPSA) is 80.0 Å². The van der Waals surface area contributed by atoms with E-state index >= 15 is 0 Å². The van der Waals surface area contributed by atoms with Crippen molar-refractivity contribution in [3.8, 4) is 5.69 Å². The number of aliphatic hydroxyl groups excluding tert-OH is 1. The van der Waals surface area contributed by atoms with E-state index in [1.807, 2.05) is 30.3 Å². The standard InChI is InChI=1S/C12H14N4O2/c1-9(8-17)13-12(18)11-7-16(15-14-11)10-5-3-2-4-6-10/h2-7,9,17H,8H2,1H3,(H,13,18). The summed E-state index contributed by atoms with van der Waals surface area (Å²) in [7, 11) is 0. The molecule has 0 saturated heterocycles. The number of nitrogens with one attached hydrogen (secondary N) is 1. The van der Waals surface area contributed by atoms with Crippen LogP contribution < -0.4 is 5.32 Å². The predicted molar refractivity (Wildman–Crippen MR) is 65.4 cm³/mol. The number of amides is 1. The zero-order chi connectivity index (χ0) is 13.0. The quantitative estimate of drug-likeness (QED) is 0.817. The molecule has 6 heteroatoms. The molecule has 0 aliphatic heterocycles. The molecular weight excluding hydrogens is 232 g/mol. The summed E-state index contributed by atoms with van der Waals surface area (Å²) < 4.78 is 1.53. The number of hydrogen-bond acceptors (Lipinski definition) is 4. The number of aromatic nitrogens is 3. The van der Waals surface area contributed by atoms with Crippen LogP contribution >= 0.6 is 0 Å². The summed E-state index contributed by atoms with van der Waals surface area (Å²) >= 11 is 0. The van der Waals surface area contributed by atoms with Crippen LogP contribution in [0.1, 0.15) is 17.4 Å². The van der Waals surface area contributed by atoms with Crippen molar-refractivity contribution in [2.45, 2.75) is 13.0 Å². The minimum atomic E-state index is -0.348. The van der Waals surface area contributed by atoms with Crippen molar-refractivity contribution in [1.29, 1.82) is 0 Å². The highest BCUT2D eigenvalue weighted by Crippen LogP contribution is 2.05. The second kappa shape index (κ2) is 5.42. The molecule has 94 valence electrons. The van der Waals surface area contributed by atoms with Gasteiger partial charge in [0, 0.05) is 6.04 Å². The molecule has 2 N–H and O–H groups in total. The highest BCUT2D eigenvalue weighted by molar-refractivity contribution is 5.92. The number of carbonyl (C=O) groups excluding carboxylic acids is 1. The van der Waals surface area contributed by atoms with Crippen LogP contribution in [0.25, 0.3) is 5.69 Å². The Balaban J connectivity index is 2.13. The maximum Gasteiger partial charge on any atom is 0.273 e. The summed E-state index contributed by atoms with van der Waals surface area (Å²) in [6, 6.07) is 9.09. The SMILES string of the molecule is CC(CO)NC(=O)c1cn(-c2ccccc2)nn1. The molecular formula is C12H14N4O2. The minimum absolute atomic E-state index is 0.113. The van der Waals surface area contributed by atoms with Gasteiger partial charge in [0.05, 0.1) is 18.5 Å². The van der Waals surface area contributed by atoms with Crippen molar-refractivity contribution in [3.05, 3.63) is 42.2 Å². The minimum Gasteiger partial charge on any atom is -0.394 e. The van der Waals surface area contributed by atoms with Crippen LogP contribution in [0, 0.1) is 0 Å². The maximum atomic E-state index is 11.7. The molecule has 1 aromatic carbocycles. The second-order valence-corrected chi connectivity index (χ2v) is 3.94. The third-order valence-electron chi connectivity index (χ3n) is 2.40. The molecule has 18 heavy (non-hydrogen) atoms. The van der Waals surface area contributed by atoms with E-state index in [1.165, 1.54) is 4.68 Å². The van der Waals surface area contributed by atoms with Gasteiger partial charge in [-0.05, 0) is 19.1 Å². The fourth-order valence-corrected chi connectivity index (χ4v) is 1.42. The first-order valence-corrected chi connectivity index (χ1v) is 5.60. The van der Waals surface area contributed by atoms with Crippen LogP contribution in [0.3, 0.4) is 0 Å². The Labute approximate surface area is 104 Å². The summed E-state index contributed by atoms with van der Waals surface area (Å²) in [4.78, 5) is 11.7. The van der Waals surface area contributed by atoms with Gasteiger partial charge in [-0.15, -0.1) is 5.10 Å². The summed E-state index contributed by atoms with van der Waals surface area (Å²) in [6.07, 6.45) is 1.55. The Bertz CT molecular complexity index is 524. The van der Waals surface area contributed by atoms with Crippen molar-refractivity contribution < 1.29 is 9.90 Å². The molecule has 0 spiro atoms. The monoisotopic (exact) mass is 246 g/mol. The molecule has 0 radical (unpaired) electrons. The van der Waals surface area contributed by atoms with E-state index in [0.29, 0.717) is 0 Å². The third-order valence-corrected chi connectivity index (χ3v) is 2.40. The van der Waals surface area contributed by atoms with Crippen LogP contribution in [0.5, 0.6) is 0 Å².